The first-order valence-electron chi connectivity index (χ1n) is 6.12. The Bertz CT molecular complexity index is 209. The molecule has 1 rings (SSSR count). The third-order valence-electron chi connectivity index (χ3n) is 3.90. The molecule has 0 heterocycles. The SMILES string of the molecule is COC1(C(N)C(C)(C)C)CCCC(C)C1. The lowest BCUT2D eigenvalue weighted by Crippen LogP contribution is -2.57. The highest BCUT2D eigenvalue weighted by Crippen LogP contribution is 2.41. The summed E-state index contributed by atoms with van der Waals surface area (Å²) in [5, 5.41) is 0. The van der Waals surface area contributed by atoms with E-state index >= 15 is 0 Å². The minimum atomic E-state index is -0.0874. The van der Waals surface area contributed by atoms with Gasteiger partial charge < -0.3 is 10.5 Å². The number of methoxy groups -OCH3 is 1. The zero-order valence-corrected chi connectivity index (χ0v) is 11.0. The first-order chi connectivity index (χ1) is 6.82. The van der Waals surface area contributed by atoms with E-state index in [-0.39, 0.29) is 17.1 Å². The van der Waals surface area contributed by atoms with Gasteiger partial charge in [-0.2, -0.15) is 0 Å². The Morgan fingerprint density at radius 2 is 2.00 bits per heavy atom. The molecule has 15 heavy (non-hydrogen) atoms. The molecule has 0 aromatic rings. The lowest BCUT2D eigenvalue weighted by atomic mass is 9.67. The van der Waals surface area contributed by atoms with E-state index in [1.54, 1.807) is 0 Å². The van der Waals surface area contributed by atoms with Crippen molar-refractivity contribution in [2.45, 2.75) is 65.0 Å². The van der Waals surface area contributed by atoms with E-state index in [1.165, 1.54) is 12.8 Å². The van der Waals surface area contributed by atoms with E-state index in [9.17, 15) is 0 Å². The van der Waals surface area contributed by atoms with Crippen molar-refractivity contribution >= 4 is 0 Å². The zero-order valence-electron chi connectivity index (χ0n) is 11.0. The van der Waals surface area contributed by atoms with Crippen LogP contribution in [0.3, 0.4) is 0 Å². The third kappa shape index (κ3) is 2.73. The van der Waals surface area contributed by atoms with E-state index < -0.39 is 0 Å². The van der Waals surface area contributed by atoms with Crippen LogP contribution in [0.4, 0.5) is 0 Å². The molecule has 90 valence electrons. The second-order valence-electron chi connectivity index (χ2n) is 6.31. The van der Waals surface area contributed by atoms with Crippen LogP contribution in [-0.2, 0) is 4.74 Å². The summed E-state index contributed by atoms with van der Waals surface area (Å²) in [5.74, 6) is 0.743. The Morgan fingerprint density at radius 3 is 2.40 bits per heavy atom. The van der Waals surface area contributed by atoms with Gasteiger partial charge in [-0.15, -0.1) is 0 Å². The Morgan fingerprint density at radius 1 is 1.40 bits per heavy atom. The van der Waals surface area contributed by atoms with Crippen LogP contribution in [0.15, 0.2) is 0 Å². The molecular weight excluding hydrogens is 186 g/mol. The topological polar surface area (TPSA) is 35.2 Å². The van der Waals surface area contributed by atoms with Crippen molar-refractivity contribution in [3.05, 3.63) is 0 Å². The smallest absolute Gasteiger partial charge is 0.0836 e. The lowest BCUT2D eigenvalue weighted by Gasteiger charge is -2.47. The van der Waals surface area contributed by atoms with Crippen molar-refractivity contribution in [3.63, 3.8) is 0 Å². The van der Waals surface area contributed by atoms with Crippen molar-refractivity contribution in [2.75, 3.05) is 7.11 Å². The van der Waals surface area contributed by atoms with E-state index in [1.807, 2.05) is 7.11 Å². The Hall–Kier alpha value is -0.0800. The summed E-state index contributed by atoms with van der Waals surface area (Å²) in [6.45, 7) is 8.93. The molecule has 2 nitrogen and oxygen atoms in total. The Labute approximate surface area is 94.6 Å². The van der Waals surface area contributed by atoms with Crippen LogP contribution in [0, 0.1) is 11.3 Å². The molecule has 1 fully saturated rings. The molecule has 3 atom stereocenters. The second kappa shape index (κ2) is 4.42. The van der Waals surface area contributed by atoms with Gasteiger partial charge >= 0.3 is 0 Å². The van der Waals surface area contributed by atoms with E-state index in [0.29, 0.717) is 0 Å². The van der Waals surface area contributed by atoms with Gasteiger partial charge in [-0.25, -0.2) is 0 Å². The van der Waals surface area contributed by atoms with Crippen LogP contribution >= 0.6 is 0 Å². The number of hydrogen-bond acceptors (Lipinski definition) is 2. The summed E-state index contributed by atoms with van der Waals surface area (Å²) in [6.07, 6.45) is 4.80. The van der Waals surface area contributed by atoms with E-state index in [4.69, 9.17) is 10.5 Å². The molecule has 0 aromatic heterocycles. The van der Waals surface area contributed by atoms with Gasteiger partial charge in [-0.05, 0) is 24.2 Å². The summed E-state index contributed by atoms with van der Waals surface area (Å²) in [7, 11) is 1.82. The third-order valence-corrected chi connectivity index (χ3v) is 3.90. The van der Waals surface area contributed by atoms with Gasteiger partial charge in [0.1, 0.15) is 0 Å². The predicted octanol–water partition coefficient (Wildman–Crippen LogP) is 2.96. The van der Waals surface area contributed by atoms with Gasteiger partial charge in [0.15, 0.2) is 0 Å². The van der Waals surface area contributed by atoms with Gasteiger partial charge in [0, 0.05) is 13.2 Å². The maximum Gasteiger partial charge on any atom is 0.0836 e. The maximum absolute atomic E-state index is 6.41. The fourth-order valence-electron chi connectivity index (χ4n) is 2.93. The van der Waals surface area contributed by atoms with Crippen LogP contribution in [-0.4, -0.2) is 18.8 Å². The highest BCUT2D eigenvalue weighted by atomic mass is 16.5. The molecule has 0 amide bonds. The molecule has 3 unspecified atom stereocenters. The van der Waals surface area contributed by atoms with Crippen LogP contribution in [0.2, 0.25) is 0 Å². The summed E-state index contributed by atoms with van der Waals surface area (Å²) in [6, 6.07) is 0.123. The highest BCUT2D eigenvalue weighted by Gasteiger charge is 2.45. The normalized spacial score (nSPS) is 35.2. The first kappa shape index (κ1) is 13.0. The number of nitrogens with two attached hydrogens (primary N) is 1. The van der Waals surface area contributed by atoms with Crippen molar-refractivity contribution in [3.8, 4) is 0 Å². The average Bonchev–Trinajstić information content (AvgIpc) is 2.15. The fraction of sp³-hybridized carbons (Fsp3) is 1.00. The molecule has 0 spiro atoms. The number of hydrogen-bond donors (Lipinski definition) is 1. The highest BCUT2D eigenvalue weighted by molar-refractivity contribution is 5.00. The standard InChI is InChI=1S/C13H27NO/c1-10-7-6-8-13(9-10,15-5)11(14)12(2,3)4/h10-11H,6-9,14H2,1-5H3. The molecule has 0 bridgehead atoms. The molecule has 2 N–H and O–H groups in total. The van der Waals surface area contributed by atoms with Crippen molar-refractivity contribution in [1.82, 2.24) is 0 Å². The molecule has 0 aromatic carbocycles. The Kier molecular flexibility index (Phi) is 3.83. The van der Waals surface area contributed by atoms with E-state index in [2.05, 4.69) is 27.7 Å². The Balaban J connectivity index is 2.84. The van der Waals surface area contributed by atoms with E-state index in [0.717, 1.165) is 18.8 Å². The monoisotopic (exact) mass is 213 g/mol. The molecular formula is C13H27NO. The van der Waals surface area contributed by atoms with Crippen molar-refractivity contribution in [2.24, 2.45) is 17.1 Å². The zero-order chi connectivity index (χ0) is 11.7. The number of ether oxygens (including phenoxy) is 1. The van der Waals surface area contributed by atoms with Gasteiger partial charge in [0.05, 0.1) is 5.60 Å². The predicted molar refractivity (Wildman–Crippen MR) is 64.8 cm³/mol. The molecule has 1 aliphatic carbocycles. The van der Waals surface area contributed by atoms with Crippen molar-refractivity contribution in [1.29, 1.82) is 0 Å². The van der Waals surface area contributed by atoms with Gasteiger partial charge in [-0.3, -0.25) is 0 Å². The minimum Gasteiger partial charge on any atom is -0.377 e. The van der Waals surface area contributed by atoms with Crippen LogP contribution < -0.4 is 5.73 Å². The second-order valence-corrected chi connectivity index (χ2v) is 6.31. The number of rotatable bonds is 2. The average molecular weight is 213 g/mol. The summed E-state index contributed by atoms with van der Waals surface area (Å²) in [4.78, 5) is 0. The molecule has 1 saturated carbocycles. The molecule has 1 aliphatic rings. The summed E-state index contributed by atoms with van der Waals surface area (Å²) < 4.78 is 5.81. The molecule has 0 saturated heterocycles. The van der Waals surface area contributed by atoms with Gasteiger partial charge in [0.25, 0.3) is 0 Å². The quantitative estimate of drug-likeness (QED) is 0.765. The molecule has 2 heteroatoms. The summed E-state index contributed by atoms with van der Waals surface area (Å²) >= 11 is 0. The van der Waals surface area contributed by atoms with Crippen LogP contribution in [0.25, 0.3) is 0 Å². The fourth-order valence-corrected chi connectivity index (χ4v) is 2.93. The summed E-state index contributed by atoms with van der Waals surface area (Å²) in [5.41, 5.74) is 6.44. The van der Waals surface area contributed by atoms with Crippen LogP contribution in [0.1, 0.15) is 53.4 Å². The lowest BCUT2D eigenvalue weighted by molar-refractivity contribution is -0.0928. The van der Waals surface area contributed by atoms with Gasteiger partial charge in [0.2, 0.25) is 0 Å². The largest absolute Gasteiger partial charge is 0.377 e. The first-order valence-corrected chi connectivity index (χ1v) is 6.12. The minimum absolute atomic E-state index is 0.0874. The van der Waals surface area contributed by atoms with Gasteiger partial charge in [-0.1, -0.05) is 40.5 Å². The van der Waals surface area contributed by atoms with Crippen LogP contribution in [0.5, 0.6) is 0 Å². The maximum atomic E-state index is 6.41. The molecule has 0 aliphatic heterocycles. The molecule has 0 radical (unpaired) electrons. The van der Waals surface area contributed by atoms with Crippen molar-refractivity contribution < 1.29 is 4.74 Å².